The van der Waals surface area contributed by atoms with Crippen LogP contribution in [0.5, 0.6) is 0 Å². The summed E-state index contributed by atoms with van der Waals surface area (Å²) in [7, 11) is 0. The molecule has 0 saturated heterocycles. The number of hydrogen-bond donors (Lipinski definition) is 1. The maximum atomic E-state index is 13.6. The lowest BCUT2D eigenvalue weighted by molar-refractivity contribution is -0.122. The number of halogens is 1. The highest BCUT2D eigenvalue weighted by Crippen LogP contribution is 2.48. The number of para-hydroxylation sites is 1. The molecule has 0 spiro atoms. The van der Waals surface area contributed by atoms with Crippen LogP contribution in [-0.2, 0) is 15.0 Å². The average Bonchev–Trinajstić information content (AvgIpc) is 3.16. The summed E-state index contributed by atoms with van der Waals surface area (Å²) >= 11 is 7.95. The Kier molecular flexibility index (Phi) is 7.81. The molecule has 0 saturated carbocycles. The fourth-order valence-corrected chi connectivity index (χ4v) is 5.83. The van der Waals surface area contributed by atoms with Crippen LogP contribution in [0, 0.1) is 6.92 Å². The Labute approximate surface area is 222 Å². The van der Waals surface area contributed by atoms with E-state index in [4.69, 9.17) is 16.7 Å². The number of carbonyl (C=O) groups is 2. The third-order valence-corrected chi connectivity index (χ3v) is 7.66. The molecule has 6 nitrogen and oxygen atoms in total. The molecule has 2 aromatic carbocycles. The highest BCUT2D eigenvalue weighted by atomic mass is 35.5. The normalized spacial score (nSPS) is 16.0. The largest absolute Gasteiger partial charge is 0.355 e. The Morgan fingerprint density at radius 2 is 1.94 bits per heavy atom. The third kappa shape index (κ3) is 5.32. The minimum atomic E-state index is -0.307. The molecule has 190 valence electrons. The Balaban J connectivity index is 2.02. The fourth-order valence-electron chi connectivity index (χ4n) is 4.44. The molecular formula is C28H33ClN4O2S. The second-order valence-corrected chi connectivity index (χ2v) is 11.6. The Bertz CT molecular complexity index is 1280. The van der Waals surface area contributed by atoms with Crippen LogP contribution in [0.25, 0.3) is 5.69 Å². The minimum absolute atomic E-state index is 0.0597. The summed E-state index contributed by atoms with van der Waals surface area (Å²) in [6.45, 7) is 10.9. The molecule has 0 radical (unpaired) electrons. The SMILES string of the molecule is CCCNC(=O)CN1C(=O)CSC(c2cccc(Cl)c2)c2c(C(C)(C)C)nn(-c3ccccc3C)c21. The predicted octanol–water partition coefficient (Wildman–Crippen LogP) is 5.83. The first-order chi connectivity index (χ1) is 17.1. The Morgan fingerprint density at radius 3 is 2.61 bits per heavy atom. The molecule has 1 atom stereocenters. The van der Waals surface area contributed by atoms with Crippen LogP contribution in [0.15, 0.2) is 48.5 Å². The number of fused-ring (bicyclic) bond motifs is 1. The standard InChI is InChI=1S/C28H33ClN4O2S/c1-6-14-30-22(34)16-32-23(35)17-36-25(19-11-9-12-20(29)15-19)24-26(28(3,4)5)31-33(27(24)32)21-13-8-7-10-18(21)2/h7-13,15,25H,6,14,16-17H2,1-5H3,(H,30,34). The van der Waals surface area contributed by atoms with Gasteiger partial charge in [-0.05, 0) is 42.7 Å². The lowest BCUT2D eigenvalue weighted by Gasteiger charge is -2.25. The van der Waals surface area contributed by atoms with Crippen LogP contribution in [0.3, 0.4) is 0 Å². The fraction of sp³-hybridized carbons (Fsp3) is 0.393. The molecule has 0 fully saturated rings. The molecule has 1 unspecified atom stereocenters. The van der Waals surface area contributed by atoms with Crippen molar-refractivity contribution in [1.29, 1.82) is 0 Å². The van der Waals surface area contributed by atoms with Crippen LogP contribution in [-0.4, -0.2) is 40.4 Å². The topological polar surface area (TPSA) is 67.2 Å². The molecule has 1 N–H and O–H groups in total. The van der Waals surface area contributed by atoms with Gasteiger partial charge in [0.2, 0.25) is 11.8 Å². The van der Waals surface area contributed by atoms with E-state index >= 15 is 0 Å². The summed E-state index contributed by atoms with van der Waals surface area (Å²) in [5.41, 5.74) is 4.46. The molecule has 2 amide bonds. The number of aromatic nitrogens is 2. The molecular weight excluding hydrogens is 492 g/mol. The van der Waals surface area contributed by atoms with Crippen LogP contribution in [0.2, 0.25) is 5.02 Å². The monoisotopic (exact) mass is 524 g/mol. The molecule has 1 aliphatic rings. The van der Waals surface area contributed by atoms with E-state index in [2.05, 4.69) is 26.1 Å². The minimum Gasteiger partial charge on any atom is -0.355 e. The summed E-state index contributed by atoms with van der Waals surface area (Å²) in [5.74, 6) is 0.593. The van der Waals surface area contributed by atoms with E-state index in [0.717, 1.165) is 34.5 Å². The summed E-state index contributed by atoms with van der Waals surface area (Å²) in [5, 5.41) is 8.53. The van der Waals surface area contributed by atoms with Crippen LogP contribution >= 0.6 is 23.4 Å². The van der Waals surface area contributed by atoms with Gasteiger partial charge in [0.05, 0.1) is 22.4 Å². The highest BCUT2D eigenvalue weighted by Gasteiger charge is 2.40. The number of aryl methyl sites for hydroxylation is 1. The molecule has 4 rings (SSSR count). The molecule has 0 bridgehead atoms. The van der Waals surface area contributed by atoms with Crippen molar-refractivity contribution in [3.63, 3.8) is 0 Å². The predicted molar refractivity (Wildman–Crippen MR) is 148 cm³/mol. The summed E-state index contributed by atoms with van der Waals surface area (Å²) in [6, 6.07) is 15.8. The van der Waals surface area contributed by atoms with Crippen LogP contribution < -0.4 is 10.2 Å². The number of thioether (sulfide) groups is 1. The maximum Gasteiger partial charge on any atom is 0.240 e. The lowest BCUT2D eigenvalue weighted by atomic mass is 9.87. The van der Waals surface area contributed by atoms with Crippen molar-refractivity contribution in [2.45, 2.75) is 51.7 Å². The molecule has 3 aromatic rings. The zero-order chi connectivity index (χ0) is 26.0. The maximum absolute atomic E-state index is 13.6. The van der Waals surface area contributed by atoms with E-state index in [9.17, 15) is 9.59 Å². The molecule has 0 aliphatic carbocycles. The number of nitrogens with zero attached hydrogens (tertiary/aromatic N) is 3. The number of amides is 2. The van der Waals surface area contributed by atoms with Crippen molar-refractivity contribution in [1.82, 2.24) is 15.1 Å². The number of anilines is 1. The van der Waals surface area contributed by atoms with Gasteiger partial charge in [-0.2, -0.15) is 5.10 Å². The first-order valence-corrected chi connectivity index (χ1v) is 13.7. The zero-order valence-electron chi connectivity index (χ0n) is 21.5. The van der Waals surface area contributed by atoms with Gasteiger partial charge in [0.25, 0.3) is 0 Å². The van der Waals surface area contributed by atoms with Crippen molar-refractivity contribution in [3.05, 3.63) is 75.9 Å². The van der Waals surface area contributed by atoms with E-state index in [1.807, 2.05) is 67.1 Å². The summed E-state index contributed by atoms with van der Waals surface area (Å²) < 4.78 is 1.86. The second kappa shape index (κ2) is 10.7. The average molecular weight is 525 g/mol. The number of nitrogens with one attached hydrogen (secondary N) is 1. The molecule has 8 heteroatoms. The number of hydrogen-bond acceptors (Lipinski definition) is 4. The Hall–Kier alpha value is -2.77. The Morgan fingerprint density at radius 1 is 1.19 bits per heavy atom. The van der Waals surface area contributed by atoms with Gasteiger partial charge < -0.3 is 5.32 Å². The first kappa shape index (κ1) is 26.3. The first-order valence-electron chi connectivity index (χ1n) is 12.2. The van der Waals surface area contributed by atoms with Gasteiger partial charge in [-0.25, -0.2) is 4.68 Å². The second-order valence-electron chi connectivity index (χ2n) is 10.1. The van der Waals surface area contributed by atoms with Crippen molar-refractivity contribution >= 4 is 41.0 Å². The lowest BCUT2D eigenvalue weighted by Crippen LogP contribution is -2.42. The van der Waals surface area contributed by atoms with Crippen LogP contribution in [0.1, 0.15) is 61.7 Å². The van der Waals surface area contributed by atoms with Gasteiger partial charge in [0, 0.05) is 22.5 Å². The number of benzene rings is 2. The third-order valence-electron chi connectivity index (χ3n) is 6.17. The van der Waals surface area contributed by atoms with Gasteiger partial charge in [-0.3, -0.25) is 14.5 Å². The van der Waals surface area contributed by atoms with E-state index in [1.54, 1.807) is 16.7 Å². The number of carbonyl (C=O) groups excluding carboxylic acids is 2. The van der Waals surface area contributed by atoms with Gasteiger partial charge in [0.15, 0.2) is 0 Å². The van der Waals surface area contributed by atoms with Gasteiger partial charge >= 0.3 is 0 Å². The van der Waals surface area contributed by atoms with Crippen molar-refractivity contribution in [2.75, 3.05) is 23.7 Å². The van der Waals surface area contributed by atoms with Crippen LogP contribution in [0.4, 0.5) is 5.82 Å². The van der Waals surface area contributed by atoms with Crippen molar-refractivity contribution in [3.8, 4) is 5.69 Å². The van der Waals surface area contributed by atoms with Gasteiger partial charge in [0.1, 0.15) is 12.4 Å². The molecule has 1 aliphatic heterocycles. The van der Waals surface area contributed by atoms with E-state index in [0.29, 0.717) is 17.4 Å². The smallest absolute Gasteiger partial charge is 0.240 e. The number of rotatable bonds is 6. The van der Waals surface area contributed by atoms with E-state index in [-0.39, 0.29) is 34.8 Å². The van der Waals surface area contributed by atoms with Gasteiger partial charge in [-0.1, -0.05) is 69.6 Å². The zero-order valence-corrected chi connectivity index (χ0v) is 23.0. The van der Waals surface area contributed by atoms with E-state index in [1.165, 1.54) is 0 Å². The van der Waals surface area contributed by atoms with Gasteiger partial charge in [-0.15, -0.1) is 11.8 Å². The van der Waals surface area contributed by atoms with Crippen molar-refractivity contribution in [2.24, 2.45) is 0 Å². The summed E-state index contributed by atoms with van der Waals surface area (Å²) in [4.78, 5) is 28.1. The molecule has 1 aromatic heterocycles. The molecule has 2 heterocycles. The van der Waals surface area contributed by atoms with Crippen molar-refractivity contribution < 1.29 is 9.59 Å². The highest BCUT2D eigenvalue weighted by molar-refractivity contribution is 8.00. The van der Waals surface area contributed by atoms with E-state index < -0.39 is 0 Å². The quantitative estimate of drug-likeness (QED) is 0.440. The summed E-state index contributed by atoms with van der Waals surface area (Å²) in [6.07, 6.45) is 0.826. The molecule has 36 heavy (non-hydrogen) atoms.